The Bertz CT molecular complexity index is 1050. The second kappa shape index (κ2) is 7.84. The van der Waals surface area contributed by atoms with Gasteiger partial charge >= 0.3 is 0 Å². The first-order valence-electron chi connectivity index (χ1n) is 9.19. The molecule has 2 aromatic heterocycles. The highest BCUT2D eigenvalue weighted by Crippen LogP contribution is 2.23. The second-order valence-corrected chi connectivity index (χ2v) is 6.84. The fraction of sp³-hybridized carbons (Fsp3) is 0.174. The van der Waals surface area contributed by atoms with E-state index in [0.717, 1.165) is 21.8 Å². The smallest absolute Gasteiger partial charge is 0.138 e. The summed E-state index contributed by atoms with van der Waals surface area (Å²) >= 11 is 0. The third kappa shape index (κ3) is 3.91. The third-order valence-electron chi connectivity index (χ3n) is 4.76. The molecule has 2 atom stereocenters. The standard InChI is InChI=1S/C23H20N2O3/c26-17(13-22(27)20-11-9-15-5-1-3-7-18(15)24-20)14-23(28)21-12-10-16-6-2-4-8-19(16)25-21/h1-12,22-23,27-28H,13-14H2/t22-,23-/m1/s1. The number of Topliss-reactive ketones (excluding diaryl/α,β-unsaturated/α-hetero) is 1. The Labute approximate surface area is 162 Å². The summed E-state index contributed by atoms with van der Waals surface area (Å²) in [7, 11) is 0. The molecule has 28 heavy (non-hydrogen) atoms. The summed E-state index contributed by atoms with van der Waals surface area (Å²) in [5.74, 6) is -0.245. The Morgan fingerprint density at radius 1 is 0.679 bits per heavy atom. The van der Waals surface area contributed by atoms with E-state index in [1.54, 1.807) is 12.1 Å². The zero-order valence-electron chi connectivity index (χ0n) is 15.2. The summed E-state index contributed by atoms with van der Waals surface area (Å²) in [4.78, 5) is 21.2. The topological polar surface area (TPSA) is 83.3 Å². The quantitative estimate of drug-likeness (QED) is 0.536. The molecule has 5 nitrogen and oxygen atoms in total. The summed E-state index contributed by atoms with van der Waals surface area (Å²) in [5.41, 5.74) is 2.44. The molecule has 140 valence electrons. The summed E-state index contributed by atoms with van der Waals surface area (Å²) in [6.07, 6.45) is -2.21. The van der Waals surface area contributed by atoms with Crippen LogP contribution in [-0.2, 0) is 4.79 Å². The summed E-state index contributed by atoms with van der Waals surface area (Å²) < 4.78 is 0. The average molecular weight is 372 g/mol. The van der Waals surface area contributed by atoms with Crippen LogP contribution in [0.1, 0.15) is 36.4 Å². The van der Waals surface area contributed by atoms with Crippen LogP contribution < -0.4 is 0 Å². The number of hydrogen-bond donors (Lipinski definition) is 2. The van der Waals surface area contributed by atoms with Crippen molar-refractivity contribution in [1.29, 1.82) is 0 Å². The number of carbonyl (C=O) groups excluding carboxylic acids is 1. The van der Waals surface area contributed by atoms with Gasteiger partial charge in [-0.05, 0) is 24.3 Å². The van der Waals surface area contributed by atoms with Gasteiger partial charge in [-0.25, -0.2) is 0 Å². The number of ketones is 1. The first-order valence-corrected chi connectivity index (χ1v) is 9.19. The van der Waals surface area contributed by atoms with Crippen LogP contribution in [0.2, 0.25) is 0 Å². The number of rotatable bonds is 6. The molecular formula is C23H20N2O3. The van der Waals surface area contributed by atoms with Gasteiger partial charge in [0.1, 0.15) is 18.0 Å². The predicted molar refractivity (Wildman–Crippen MR) is 108 cm³/mol. The van der Waals surface area contributed by atoms with Crippen molar-refractivity contribution in [1.82, 2.24) is 9.97 Å². The van der Waals surface area contributed by atoms with Crippen LogP contribution in [0.25, 0.3) is 21.8 Å². The molecule has 2 heterocycles. The number of aliphatic hydroxyl groups excluding tert-OH is 2. The lowest BCUT2D eigenvalue weighted by Crippen LogP contribution is -2.12. The lowest BCUT2D eigenvalue weighted by Gasteiger charge is -2.13. The van der Waals surface area contributed by atoms with Gasteiger partial charge in [0.05, 0.1) is 22.4 Å². The van der Waals surface area contributed by atoms with Gasteiger partial charge in [0.2, 0.25) is 0 Å². The maximum absolute atomic E-state index is 12.4. The fourth-order valence-corrected chi connectivity index (χ4v) is 3.26. The molecule has 2 N–H and O–H groups in total. The Morgan fingerprint density at radius 2 is 1.11 bits per heavy atom. The highest BCUT2D eigenvalue weighted by Gasteiger charge is 2.19. The second-order valence-electron chi connectivity index (χ2n) is 6.84. The molecule has 0 aliphatic carbocycles. The zero-order chi connectivity index (χ0) is 19.5. The van der Waals surface area contributed by atoms with E-state index in [-0.39, 0.29) is 18.6 Å². The van der Waals surface area contributed by atoms with E-state index in [0.29, 0.717) is 11.4 Å². The largest absolute Gasteiger partial charge is 0.386 e. The van der Waals surface area contributed by atoms with E-state index < -0.39 is 12.2 Å². The van der Waals surface area contributed by atoms with Crippen molar-refractivity contribution >= 4 is 27.6 Å². The molecule has 0 bridgehead atoms. The first kappa shape index (κ1) is 18.2. The summed E-state index contributed by atoms with van der Waals surface area (Å²) in [6, 6.07) is 22.4. The van der Waals surface area contributed by atoms with Crippen molar-refractivity contribution in [3.05, 3.63) is 84.2 Å². The molecule has 2 aromatic carbocycles. The Kier molecular flexibility index (Phi) is 5.10. The van der Waals surface area contributed by atoms with Crippen molar-refractivity contribution < 1.29 is 15.0 Å². The van der Waals surface area contributed by atoms with Crippen LogP contribution >= 0.6 is 0 Å². The number of aliphatic hydroxyl groups is 2. The minimum absolute atomic E-state index is 0.101. The van der Waals surface area contributed by atoms with Crippen molar-refractivity contribution in [2.75, 3.05) is 0 Å². The molecule has 0 fully saturated rings. The van der Waals surface area contributed by atoms with Gasteiger partial charge in [-0.1, -0.05) is 48.5 Å². The maximum atomic E-state index is 12.4. The first-order chi connectivity index (χ1) is 13.6. The Morgan fingerprint density at radius 3 is 1.57 bits per heavy atom. The van der Waals surface area contributed by atoms with Crippen molar-refractivity contribution in [2.24, 2.45) is 0 Å². The number of pyridine rings is 2. The van der Waals surface area contributed by atoms with Crippen molar-refractivity contribution in [3.63, 3.8) is 0 Å². The molecule has 0 aliphatic rings. The lowest BCUT2D eigenvalue weighted by molar-refractivity contribution is -0.123. The monoisotopic (exact) mass is 372 g/mol. The van der Waals surface area contributed by atoms with Crippen LogP contribution in [0.4, 0.5) is 0 Å². The van der Waals surface area contributed by atoms with Gasteiger partial charge in [0, 0.05) is 23.6 Å². The minimum Gasteiger partial charge on any atom is -0.386 e. The third-order valence-corrected chi connectivity index (χ3v) is 4.76. The van der Waals surface area contributed by atoms with Gasteiger partial charge in [0.25, 0.3) is 0 Å². The number of nitrogens with zero attached hydrogens (tertiary/aromatic N) is 2. The highest BCUT2D eigenvalue weighted by molar-refractivity contribution is 5.81. The molecular weight excluding hydrogens is 352 g/mol. The SMILES string of the molecule is O=C(C[C@@H](O)c1ccc2ccccc2n1)C[C@@H](O)c1ccc2ccccc2n1. The van der Waals surface area contributed by atoms with Gasteiger partial charge in [-0.2, -0.15) is 0 Å². The van der Waals surface area contributed by atoms with Crippen LogP contribution in [0.15, 0.2) is 72.8 Å². The fourth-order valence-electron chi connectivity index (χ4n) is 3.26. The van der Waals surface area contributed by atoms with Crippen LogP contribution in [0.5, 0.6) is 0 Å². The number of para-hydroxylation sites is 2. The molecule has 0 aliphatic heterocycles. The molecule has 0 radical (unpaired) electrons. The number of fused-ring (bicyclic) bond motifs is 2. The van der Waals surface area contributed by atoms with E-state index in [9.17, 15) is 15.0 Å². The summed E-state index contributed by atoms with van der Waals surface area (Å²) in [5, 5.41) is 22.7. The van der Waals surface area contributed by atoms with E-state index in [4.69, 9.17) is 0 Å². The van der Waals surface area contributed by atoms with Gasteiger partial charge in [-0.15, -0.1) is 0 Å². The van der Waals surface area contributed by atoms with E-state index in [1.807, 2.05) is 60.7 Å². The molecule has 0 saturated carbocycles. The van der Waals surface area contributed by atoms with Crippen LogP contribution in [0, 0.1) is 0 Å². The number of carbonyl (C=O) groups is 1. The molecule has 0 unspecified atom stereocenters. The molecule has 4 rings (SSSR count). The molecule has 4 aromatic rings. The average Bonchev–Trinajstić information content (AvgIpc) is 2.72. The van der Waals surface area contributed by atoms with Crippen molar-refractivity contribution in [3.8, 4) is 0 Å². The van der Waals surface area contributed by atoms with Gasteiger partial charge < -0.3 is 10.2 Å². The Hall–Kier alpha value is -3.15. The minimum atomic E-state index is -1.01. The molecule has 0 amide bonds. The van der Waals surface area contributed by atoms with Crippen LogP contribution in [-0.4, -0.2) is 26.0 Å². The van der Waals surface area contributed by atoms with Crippen molar-refractivity contribution in [2.45, 2.75) is 25.0 Å². The summed E-state index contributed by atoms with van der Waals surface area (Å²) in [6.45, 7) is 0. The number of benzene rings is 2. The molecule has 5 heteroatoms. The van der Waals surface area contributed by atoms with E-state index in [1.165, 1.54) is 0 Å². The normalized spacial score (nSPS) is 13.5. The molecule has 0 spiro atoms. The van der Waals surface area contributed by atoms with E-state index >= 15 is 0 Å². The lowest BCUT2D eigenvalue weighted by atomic mass is 10.0. The number of hydrogen-bond acceptors (Lipinski definition) is 5. The number of aromatic nitrogens is 2. The zero-order valence-corrected chi connectivity index (χ0v) is 15.2. The van der Waals surface area contributed by atoms with E-state index in [2.05, 4.69) is 9.97 Å². The Balaban J connectivity index is 1.43. The van der Waals surface area contributed by atoms with Gasteiger partial charge in [-0.3, -0.25) is 14.8 Å². The van der Waals surface area contributed by atoms with Crippen LogP contribution in [0.3, 0.4) is 0 Å². The maximum Gasteiger partial charge on any atom is 0.138 e. The van der Waals surface area contributed by atoms with Gasteiger partial charge in [0.15, 0.2) is 0 Å². The highest BCUT2D eigenvalue weighted by atomic mass is 16.3. The predicted octanol–water partition coefficient (Wildman–Crippen LogP) is 3.90. The molecule has 0 saturated heterocycles.